The molecule has 2 nitrogen and oxygen atoms in total. The molecule has 1 aliphatic rings. The number of rotatable bonds is 3. The maximum absolute atomic E-state index is 5.97. The van der Waals surface area contributed by atoms with Crippen LogP contribution in [0.25, 0.3) is 0 Å². The number of hydrogen-bond acceptors (Lipinski definition) is 2. The summed E-state index contributed by atoms with van der Waals surface area (Å²) in [5, 5.41) is 0.756. The average Bonchev–Trinajstić information content (AvgIpc) is 2.69. The third-order valence-corrected chi connectivity index (χ3v) is 4.36. The summed E-state index contributed by atoms with van der Waals surface area (Å²) in [6.07, 6.45) is 1.27. The molecule has 2 unspecified atom stereocenters. The van der Waals surface area contributed by atoms with E-state index in [-0.39, 0.29) is 0 Å². The summed E-state index contributed by atoms with van der Waals surface area (Å²) in [6.45, 7) is 5.21. The molecular formula is C13H18BrClN2. The van der Waals surface area contributed by atoms with Crippen LogP contribution in [0, 0.1) is 5.92 Å². The zero-order valence-electron chi connectivity index (χ0n) is 10.00. The van der Waals surface area contributed by atoms with Crippen LogP contribution in [0.4, 0.5) is 0 Å². The van der Waals surface area contributed by atoms with Gasteiger partial charge in [0.25, 0.3) is 0 Å². The SMILES string of the molecule is CC1CCN(C(CN)c2ccc(Cl)cc2Br)C1. The minimum atomic E-state index is 0.298. The van der Waals surface area contributed by atoms with Gasteiger partial charge in [-0.2, -0.15) is 0 Å². The monoisotopic (exact) mass is 316 g/mol. The fourth-order valence-corrected chi connectivity index (χ4v) is 3.44. The molecule has 1 saturated heterocycles. The van der Waals surface area contributed by atoms with Crippen molar-refractivity contribution in [2.24, 2.45) is 11.7 Å². The fourth-order valence-electron chi connectivity index (χ4n) is 2.50. The molecule has 0 amide bonds. The first-order chi connectivity index (χ1) is 8.11. The van der Waals surface area contributed by atoms with Gasteiger partial charge in [-0.25, -0.2) is 0 Å². The van der Waals surface area contributed by atoms with Crippen molar-refractivity contribution in [2.45, 2.75) is 19.4 Å². The lowest BCUT2D eigenvalue weighted by molar-refractivity contribution is 0.243. The van der Waals surface area contributed by atoms with Crippen molar-refractivity contribution in [3.63, 3.8) is 0 Å². The Morgan fingerprint density at radius 3 is 2.88 bits per heavy atom. The molecule has 1 fully saturated rings. The van der Waals surface area contributed by atoms with Crippen molar-refractivity contribution in [3.8, 4) is 0 Å². The Kier molecular flexibility index (Phi) is 4.47. The molecule has 1 aliphatic heterocycles. The lowest BCUT2D eigenvalue weighted by Crippen LogP contribution is -2.32. The van der Waals surface area contributed by atoms with Gasteiger partial charge in [-0.3, -0.25) is 4.90 Å². The van der Waals surface area contributed by atoms with Crippen LogP contribution in [0.15, 0.2) is 22.7 Å². The van der Waals surface area contributed by atoms with Crippen LogP contribution in [-0.2, 0) is 0 Å². The van der Waals surface area contributed by atoms with Gasteiger partial charge < -0.3 is 5.73 Å². The van der Waals surface area contributed by atoms with E-state index in [4.69, 9.17) is 17.3 Å². The summed E-state index contributed by atoms with van der Waals surface area (Å²) < 4.78 is 1.06. The van der Waals surface area contributed by atoms with Gasteiger partial charge in [0.05, 0.1) is 0 Å². The van der Waals surface area contributed by atoms with E-state index in [1.807, 2.05) is 12.1 Å². The highest BCUT2D eigenvalue weighted by atomic mass is 79.9. The molecule has 0 aliphatic carbocycles. The first-order valence-corrected chi connectivity index (χ1v) is 7.18. The summed E-state index contributed by atoms with van der Waals surface area (Å²) in [5.74, 6) is 0.773. The second-order valence-corrected chi connectivity index (χ2v) is 6.10. The first kappa shape index (κ1) is 13.3. The standard InChI is InChI=1S/C13H18BrClN2/c1-9-4-5-17(8-9)13(7-16)11-3-2-10(15)6-12(11)14/h2-3,6,9,13H,4-5,7-8,16H2,1H3. The maximum atomic E-state index is 5.97. The van der Waals surface area contributed by atoms with E-state index in [0.717, 1.165) is 28.5 Å². The van der Waals surface area contributed by atoms with Gasteiger partial charge in [-0.1, -0.05) is 40.5 Å². The van der Waals surface area contributed by atoms with Crippen LogP contribution in [0.3, 0.4) is 0 Å². The van der Waals surface area contributed by atoms with Crippen LogP contribution in [-0.4, -0.2) is 24.5 Å². The molecule has 1 aromatic rings. The van der Waals surface area contributed by atoms with Gasteiger partial charge in [-0.15, -0.1) is 0 Å². The Morgan fingerprint density at radius 1 is 1.59 bits per heavy atom. The van der Waals surface area contributed by atoms with Crippen molar-refractivity contribution < 1.29 is 0 Å². The van der Waals surface area contributed by atoms with E-state index in [0.29, 0.717) is 12.6 Å². The number of benzene rings is 1. The molecule has 1 aromatic carbocycles. The minimum absolute atomic E-state index is 0.298. The molecule has 2 atom stereocenters. The summed E-state index contributed by atoms with van der Waals surface area (Å²) in [5.41, 5.74) is 7.18. The second-order valence-electron chi connectivity index (χ2n) is 4.81. The minimum Gasteiger partial charge on any atom is -0.329 e. The number of halogens is 2. The first-order valence-electron chi connectivity index (χ1n) is 6.01. The number of likely N-dealkylation sites (tertiary alicyclic amines) is 1. The molecule has 0 bridgehead atoms. The van der Waals surface area contributed by atoms with Crippen LogP contribution in [0.5, 0.6) is 0 Å². The van der Waals surface area contributed by atoms with Crippen molar-refractivity contribution in [3.05, 3.63) is 33.3 Å². The van der Waals surface area contributed by atoms with Crippen LogP contribution < -0.4 is 5.73 Å². The summed E-state index contributed by atoms with van der Waals surface area (Å²) in [6, 6.07) is 6.25. The van der Waals surface area contributed by atoms with Crippen LogP contribution >= 0.6 is 27.5 Å². The average molecular weight is 318 g/mol. The molecule has 0 radical (unpaired) electrons. The number of nitrogens with zero attached hydrogens (tertiary/aromatic N) is 1. The molecule has 0 saturated carbocycles. The second kappa shape index (κ2) is 5.70. The van der Waals surface area contributed by atoms with Crippen molar-refractivity contribution in [1.29, 1.82) is 0 Å². The summed E-state index contributed by atoms with van der Waals surface area (Å²) in [7, 11) is 0. The third kappa shape index (κ3) is 3.02. The van der Waals surface area contributed by atoms with E-state index in [1.165, 1.54) is 12.0 Å². The highest BCUT2D eigenvalue weighted by Crippen LogP contribution is 2.32. The van der Waals surface area contributed by atoms with E-state index in [2.05, 4.69) is 33.8 Å². The van der Waals surface area contributed by atoms with Crippen LogP contribution in [0.1, 0.15) is 24.9 Å². The topological polar surface area (TPSA) is 29.3 Å². The molecular weight excluding hydrogens is 300 g/mol. The largest absolute Gasteiger partial charge is 0.329 e. The highest BCUT2D eigenvalue weighted by Gasteiger charge is 2.27. The van der Waals surface area contributed by atoms with E-state index < -0.39 is 0 Å². The van der Waals surface area contributed by atoms with Gasteiger partial charge in [-0.05, 0) is 36.6 Å². The van der Waals surface area contributed by atoms with Gasteiger partial charge >= 0.3 is 0 Å². The third-order valence-electron chi connectivity index (χ3n) is 3.44. The predicted octanol–water partition coefficient (Wildman–Crippen LogP) is 3.44. The number of nitrogens with two attached hydrogens (primary N) is 1. The van der Waals surface area contributed by atoms with Crippen molar-refractivity contribution in [2.75, 3.05) is 19.6 Å². The predicted molar refractivity (Wildman–Crippen MR) is 76.3 cm³/mol. The fraction of sp³-hybridized carbons (Fsp3) is 0.538. The number of hydrogen-bond donors (Lipinski definition) is 1. The van der Waals surface area contributed by atoms with Crippen LogP contribution in [0.2, 0.25) is 5.02 Å². The van der Waals surface area contributed by atoms with Crippen molar-refractivity contribution in [1.82, 2.24) is 4.90 Å². The molecule has 2 rings (SSSR count). The lowest BCUT2D eigenvalue weighted by atomic mass is 10.1. The van der Waals surface area contributed by atoms with Crippen molar-refractivity contribution >= 4 is 27.5 Å². The Labute approximate surface area is 116 Å². The zero-order valence-corrected chi connectivity index (χ0v) is 12.3. The molecule has 94 valence electrons. The van der Waals surface area contributed by atoms with Gasteiger partial charge in [0.1, 0.15) is 0 Å². The quantitative estimate of drug-likeness (QED) is 0.925. The van der Waals surface area contributed by atoms with Gasteiger partial charge in [0.2, 0.25) is 0 Å². The molecule has 1 heterocycles. The Morgan fingerprint density at radius 2 is 2.35 bits per heavy atom. The van der Waals surface area contributed by atoms with E-state index in [1.54, 1.807) is 0 Å². The van der Waals surface area contributed by atoms with E-state index in [9.17, 15) is 0 Å². The maximum Gasteiger partial charge on any atom is 0.0481 e. The summed E-state index contributed by atoms with van der Waals surface area (Å²) in [4.78, 5) is 2.47. The smallest absolute Gasteiger partial charge is 0.0481 e. The highest BCUT2D eigenvalue weighted by molar-refractivity contribution is 9.10. The van der Waals surface area contributed by atoms with Gasteiger partial charge in [0, 0.05) is 28.6 Å². The molecule has 4 heteroatoms. The normalized spacial score (nSPS) is 22.9. The van der Waals surface area contributed by atoms with E-state index >= 15 is 0 Å². The molecule has 0 spiro atoms. The van der Waals surface area contributed by atoms with Gasteiger partial charge in [0.15, 0.2) is 0 Å². The Balaban J connectivity index is 2.23. The Bertz CT molecular complexity index is 397. The lowest BCUT2D eigenvalue weighted by Gasteiger charge is -2.27. The summed E-state index contributed by atoms with van der Waals surface area (Å²) >= 11 is 9.56. The molecule has 0 aromatic heterocycles. The Hall–Kier alpha value is -0.0900. The molecule has 17 heavy (non-hydrogen) atoms. The zero-order chi connectivity index (χ0) is 12.4. The molecule has 2 N–H and O–H groups in total.